The molecule has 0 radical (unpaired) electrons. The second-order valence-electron chi connectivity index (χ2n) is 3.84. The summed E-state index contributed by atoms with van der Waals surface area (Å²) in [6.45, 7) is 2.46. The third-order valence-corrected chi connectivity index (χ3v) is 3.77. The maximum absolute atomic E-state index is 11.9. The molecule has 4 nitrogen and oxygen atoms in total. The number of halogens is 2. The van der Waals surface area contributed by atoms with Gasteiger partial charge in [-0.15, -0.1) is 24.2 Å². The predicted octanol–water partition coefficient (Wildman–Crippen LogP) is 2.76. The van der Waals surface area contributed by atoms with Gasteiger partial charge in [-0.05, 0) is 25.1 Å². The van der Waals surface area contributed by atoms with E-state index < -0.39 is 0 Å². The van der Waals surface area contributed by atoms with Crippen molar-refractivity contribution in [3.8, 4) is 5.75 Å². The lowest BCUT2D eigenvalue weighted by Crippen LogP contribution is -2.37. The Morgan fingerprint density at radius 1 is 1.63 bits per heavy atom. The highest BCUT2D eigenvalue weighted by Crippen LogP contribution is 2.27. The van der Waals surface area contributed by atoms with Crippen LogP contribution in [-0.4, -0.2) is 30.2 Å². The first kappa shape index (κ1) is 16.4. The lowest BCUT2D eigenvalue weighted by molar-refractivity contribution is -0.117. The minimum atomic E-state index is -0.125. The number of hydrogen-bond donors (Lipinski definition) is 2. The first-order valence-electron chi connectivity index (χ1n) is 5.75. The molecule has 1 atom stereocenters. The average Bonchev–Trinajstić information content (AvgIpc) is 2.86. The Bertz CT molecular complexity index is 440. The summed E-state index contributed by atoms with van der Waals surface area (Å²) in [7, 11) is 0. The number of carbonyl (C=O) groups excluding carboxylic acids is 1. The number of carbonyl (C=O) groups is 1. The highest BCUT2D eigenvalue weighted by Gasteiger charge is 2.22. The molecular formula is C12H16Cl2N2O2S. The molecule has 1 aliphatic heterocycles. The molecule has 2 N–H and O–H groups in total. The highest BCUT2D eigenvalue weighted by molar-refractivity contribution is 7.99. The fourth-order valence-corrected chi connectivity index (χ4v) is 2.82. The van der Waals surface area contributed by atoms with Gasteiger partial charge in [0, 0.05) is 17.3 Å². The zero-order chi connectivity index (χ0) is 13.0. The van der Waals surface area contributed by atoms with Gasteiger partial charge in [0.25, 0.3) is 0 Å². The molecule has 0 bridgehead atoms. The minimum absolute atomic E-state index is 0. The molecule has 0 aromatic heterocycles. The molecular weight excluding hydrogens is 307 g/mol. The second-order valence-corrected chi connectivity index (χ2v) is 5.28. The number of nitrogens with one attached hydrogen (secondary N) is 2. The number of amides is 1. The van der Waals surface area contributed by atoms with Crippen molar-refractivity contribution in [1.29, 1.82) is 0 Å². The molecule has 1 aliphatic rings. The number of ether oxygens (including phenoxy) is 1. The summed E-state index contributed by atoms with van der Waals surface area (Å²) in [6, 6.07) is 5.13. The van der Waals surface area contributed by atoms with Crippen LogP contribution < -0.4 is 15.4 Å². The van der Waals surface area contributed by atoms with Crippen LogP contribution in [0.15, 0.2) is 18.2 Å². The van der Waals surface area contributed by atoms with E-state index in [4.69, 9.17) is 16.3 Å². The standard InChI is InChI=1S/C12H15ClN2O2S.ClH/c1-2-17-11-4-3-8(5-9(11)13)15-12(16)10-6-18-7-14-10;/h3-5,10,14H,2,6-7H2,1H3,(H,15,16);1H. The molecule has 1 aromatic rings. The van der Waals surface area contributed by atoms with Crippen molar-refractivity contribution in [1.82, 2.24) is 5.32 Å². The van der Waals surface area contributed by atoms with Crippen LogP contribution in [0.1, 0.15) is 6.92 Å². The Morgan fingerprint density at radius 3 is 3.00 bits per heavy atom. The van der Waals surface area contributed by atoms with Crippen molar-refractivity contribution >= 4 is 47.4 Å². The van der Waals surface area contributed by atoms with Gasteiger partial charge in [-0.3, -0.25) is 10.1 Å². The Hall–Kier alpha value is -0.620. The maximum Gasteiger partial charge on any atom is 0.242 e. The van der Waals surface area contributed by atoms with Gasteiger partial charge in [0.15, 0.2) is 0 Å². The van der Waals surface area contributed by atoms with Crippen LogP contribution in [0, 0.1) is 0 Å². The lowest BCUT2D eigenvalue weighted by Gasteiger charge is -2.12. The van der Waals surface area contributed by atoms with Crippen LogP contribution in [0.4, 0.5) is 5.69 Å². The van der Waals surface area contributed by atoms with Crippen molar-refractivity contribution in [2.75, 3.05) is 23.6 Å². The van der Waals surface area contributed by atoms with Gasteiger partial charge in [-0.1, -0.05) is 11.6 Å². The molecule has 7 heteroatoms. The van der Waals surface area contributed by atoms with Gasteiger partial charge in [-0.2, -0.15) is 0 Å². The van der Waals surface area contributed by atoms with Gasteiger partial charge in [0.05, 0.1) is 17.7 Å². The molecule has 19 heavy (non-hydrogen) atoms. The molecule has 0 aliphatic carbocycles. The molecule has 106 valence electrons. The zero-order valence-corrected chi connectivity index (χ0v) is 12.8. The van der Waals surface area contributed by atoms with Crippen LogP contribution in [0.25, 0.3) is 0 Å². The Kier molecular flexibility index (Phi) is 6.79. The van der Waals surface area contributed by atoms with Gasteiger partial charge in [-0.25, -0.2) is 0 Å². The van der Waals surface area contributed by atoms with E-state index in [2.05, 4.69) is 10.6 Å². The van der Waals surface area contributed by atoms with E-state index in [-0.39, 0.29) is 24.4 Å². The van der Waals surface area contributed by atoms with E-state index in [9.17, 15) is 4.79 Å². The number of hydrogen-bond acceptors (Lipinski definition) is 4. The third kappa shape index (κ3) is 4.45. The van der Waals surface area contributed by atoms with Crippen molar-refractivity contribution in [3.63, 3.8) is 0 Å². The van der Waals surface area contributed by atoms with Gasteiger partial charge in [0.2, 0.25) is 5.91 Å². The summed E-state index contributed by atoms with van der Waals surface area (Å²) >= 11 is 7.77. The molecule has 2 rings (SSSR count). The lowest BCUT2D eigenvalue weighted by atomic mass is 10.2. The predicted molar refractivity (Wildman–Crippen MR) is 82.7 cm³/mol. The van der Waals surface area contributed by atoms with Crippen molar-refractivity contribution in [3.05, 3.63) is 23.2 Å². The first-order chi connectivity index (χ1) is 8.70. The van der Waals surface area contributed by atoms with E-state index in [0.717, 1.165) is 11.6 Å². The summed E-state index contributed by atoms with van der Waals surface area (Å²) < 4.78 is 5.34. The molecule has 0 spiro atoms. The van der Waals surface area contributed by atoms with Crippen LogP contribution in [-0.2, 0) is 4.79 Å². The van der Waals surface area contributed by atoms with Crippen LogP contribution in [0.3, 0.4) is 0 Å². The molecule has 1 fully saturated rings. The number of benzene rings is 1. The molecule has 0 saturated carbocycles. The smallest absolute Gasteiger partial charge is 0.242 e. The first-order valence-corrected chi connectivity index (χ1v) is 7.28. The molecule has 1 amide bonds. The van der Waals surface area contributed by atoms with Gasteiger partial charge < -0.3 is 10.1 Å². The van der Waals surface area contributed by atoms with E-state index in [1.165, 1.54) is 0 Å². The zero-order valence-electron chi connectivity index (χ0n) is 10.4. The molecule has 1 aromatic carbocycles. The Labute approximate surface area is 128 Å². The summed E-state index contributed by atoms with van der Waals surface area (Å²) in [5.74, 6) is 2.23. The van der Waals surface area contributed by atoms with Gasteiger partial charge in [0.1, 0.15) is 5.75 Å². The summed E-state index contributed by atoms with van der Waals surface area (Å²) in [5, 5.41) is 6.46. The Morgan fingerprint density at radius 2 is 2.42 bits per heavy atom. The quantitative estimate of drug-likeness (QED) is 0.895. The number of rotatable bonds is 4. The monoisotopic (exact) mass is 322 g/mol. The average molecular weight is 323 g/mol. The van der Waals surface area contributed by atoms with Crippen molar-refractivity contribution in [2.24, 2.45) is 0 Å². The van der Waals surface area contributed by atoms with E-state index >= 15 is 0 Å². The van der Waals surface area contributed by atoms with Crippen molar-refractivity contribution < 1.29 is 9.53 Å². The van der Waals surface area contributed by atoms with E-state index in [1.54, 1.807) is 30.0 Å². The Balaban J connectivity index is 0.00000180. The summed E-state index contributed by atoms with van der Waals surface area (Å²) in [5.41, 5.74) is 0.687. The van der Waals surface area contributed by atoms with Crippen LogP contribution in [0.5, 0.6) is 5.75 Å². The van der Waals surface area contributed by atoms with Gasteiger partial charge >= 0.3 is 0 Å². The number of anilines is 1. The summed E-state index contributed by atoms with van der Waals surface area (Å²) in [4.78, 5) is 11.9. The molecule has 1 saturated heterocycles. The fraction of sp³-hybridized carbons (Fsp3) is 0.417. The van der Waals surface area contributed by atoms with Crippen molar-refractivity contribution in [2.45, 2.75) is 13.0 Å². The SMILES string of the molecule is CCOc1ccc(NC(=O)C2CSCN2)cc1Cl.Cl. The molecule has 1 unspecified atom stereocenters. The molecule has 1 heterocycles. The van der Waals surface area contributed by atoms with Crippen LogP contribution in [0.2, 0.25) is 5.02 Å². The fourth-order valence-electron chi connectivity index (χ4n) is 1.64. The van der Waals surface area contributed by atoms with E-state index in [0.29, 0.717) is 23.1 Å². The van der Waals surface area contributed by atoms with Crippen LogP contribution >= 0.6 is 35.8 Å². The van der Waals surface area contributed by atoms with E-state index in [1.807, 2.05) is 6.92 Å². The normalized spacial score (nSPS) is 17.7. The minimum Gasteiger partial charge on any atom is -0.492 e. The maximum atomic E-state index is 11.9. The largest absolute Gasteiger partial charge is 0.492 e. The second kappa shape index (κ2) is 7.85. The highest BCUT2D eigenvalue weighted by atomic mass is 35.5. The topological polar surface area (TPSA) is 50.4 Å². The number of thioether (sulfide) groups is 1. The summed E-state index contributed by atoms with van der Waals surface area (Å²) in [6.07, 6.45) is 0. The third-order valence-electron chi connectivity index (χ3n) is 2.53.